The molecule has 148 valence electrons. The average molecular weight is 384 g/mol. The van der Waals surface area contributed by atoms with Crippen LogP contribution in [0.4, 0.5) is 23.0 Å². The Morgan fingerprint density at radius 1 is 0.964 bits per heavy atom. The number of para-hydroxylation sites is 1. The molecule has 0 spiro atoms. The smallest absolute Gasteiger partial charge is 0.292 e. The molecule has 2 aliphatic rings. The number of aromatic nitrogens is 2. The number of anilines is 3. The lowest BCUT2D eigenvalue weighted by atomic mass is 10.1. The van der Waals surface area contributed by atoms with Crippen molar-refractivity contribution in [1.29, 1.82) is 0 Å². The Balaban J connectivity index is 1.47. The number of ether oxygens (including phenoxy) is 1. The van der Waals surface area contributed by atoms with Gasteiger partial charge >= 0.3 is 0 Å². The minimum Gasteiger partial charge on any atom is -0.378 e. The van der Waals surface area contributed by atoms with Crippen LogP contribution in [-0.4, -0.2) is 67.4 Å². The van der Waals surface area contributed by atoms with Crippen molar-refractivity contribution in [1.82, 2.24) is 9.97 Å². The van der Waals surface area contributed by atoms with Gasteiger partial charge in [-0.15, -0.1) is 0 Å². The summed E-state index contributed by atoms with van der Waals surface area (Å²) in [5.74, 6) is 1.82. The Bertz CT molecular complexity index is 847. The maximum atomic E-state index is 11.4. The summed E-state index contributed by atoms with van der Waals surface area (Å²) in [7, 11) is 0. The molecule has 1 aromatic heterocycles. The van der Waals surface area contributed by atoms with E-state index in [1.54, 1.807) is 18.5 Å². The number of hydrogen-bond donors (Lipinski definition) is 0. The van der Waals surface area contributed by atoms with Crippen molar-refractivity contribution in [2.24, 2.45) is 0 Å². The monoisotopic (exact) mass is 384 g/mol. The Morgan fingerprint density at radius 3 is 2.21 bits per heavy atom. The lowest BCUT2D eigenvalue weighted by molar-refractivity contribution is -0.384. The molecular formula is C19H24N6O3. The third-order valence-electron chi connectivity index (χ3n) is 5.31. The molecule has 2 aromatic rings. The number of benzene rings is 1. The second kappa shape index (κ2) is 7.97. The van der Waals surface area contributed by atoms with Crippen LogP contribution in [0.15, 0.2) is 30.6 Å². The molecule has 0 aliphatic carbocycles. The molecule has 0 radical (unpaired) electrons. The zero-order valence-electron chi connectivity index (χ0n) is 16.0. The van der Waals surface area contributed by atoms with Gasteiger partial charge in [-0.3, -0.25) is 10.1 Å². The molecule has 0 amide bonds. The molecule has 2 aliphatic heterocycles. The van der Waals surface area contributed by atoms with Crippen LogP contribution in [0.1, 0.15) is 5.56 Å². The van der Waals surface area contributed by atoms with Gasteiger partial charge in [0.05, 0.1) is 18.1 Å². The predicted molar refractivity (Wildman–Crippen MR) is 107 cm³/mol. The molecule has 9 heteroatoms. The van der Waals surface area contributed by atoms with Gasteiger partial charge in [0.2, 0.25) is 0 Å². The van der Waals surface area contributed by atoms with E-state index in [2.05, 4.69) is 24.7 Å². The van der Waals surface area contributed by atoms with E-state index in [0.29, 0.717) is 26.3 Å². The zero-order valence-corrected chi connectivity index (χ0v) is 16.0. The summed E-state index contributed by atoms with van der Waals surface area (Å²) in [6, 6.07) is 7.26. The van der Waals surface area contributed by atoms with Crippen LogP contribution in [0.25, 0.3) is 0 Å². The van der Waals surface area contributed by atoms with Gasteiger partial charge in [-0.05, 0) is 12.5 Å². The van der Waals surface area contributed by atoms with Crippen LogP contribution in [0, 0.1) is 17.0 Å². The van der Waals surface area contributed by atoms with Crippen LogP contribution >= 0.6 is 0 Å². The van der Waals surface area contributed by atoms with Gasteiger partial charge in [0.1, 0.15) is 23.7 Å². The van der Waals surface area contributed by atoms with E-state index in [0.717, 1.165) is 49.1 Å². The van der Waals surface area contributed by atoms with Gasteiger partial charge in [-0.1, -0.05) is 12.1 Å². The van der Waals surface area contributed by atoms with E-state index in [1.807, 2.05) is 19.1 Å². The molecule has 4 rings (SSSR count). The minimum atomic E-state index is -0.298. The van der Waals surface area contributed by atoms with E-state index in [1.165, 1.54) is 0 Å². The van der Waals surface area contributed by atoms with Crippen molar-refractivity contribution in [3.8, 4) is 0 Å². The molecule has 9 nitrogen and oxygen atoms in total. The Labute approximate surface area is 163 Å². The molecule has 3 heterocycles. The first-order valence-corrected chi connectivity index (χ1v) is 9.52. The molecule has 2 fully saturated rings. The fourth-order valence-corrected chi connectivity index (χ4v) is 3.84. The SMILES string of the molecule is Cc1cccc([N+](=O)[O-])c1N1CCN(c2cc(N3CCOCC3)ncn2)CC1. The molecular weight excluding hydrogens is 360 g/mol. The molecule has 0 saturated carbocycles. The number of morpholine rings is 1. The molecule has 0 N–H and O–H groups in total. The van der Waals surface area contributed by atoms with Gasteiger partial charge in [0.15, 0.2) is 0 Å². The van der Waals surface area contributed by atoms with Crippen molar-refractivity contribution in [3.63, 3.8) is 0 Å². The fourth-order valence-electron chi connectivity index (χ4n) is 3.84. The minimum absolute atomic E-state index is 0.171. The largest absolute Gasteiger partial charge is 0.378 e. The van der Waals surface area contributed by atoms with E-state index in [4.69, 9.17) is 4.74 Å². The van der Waals surface area contributed by atoms with Gasteiger partial charge in [-0.2, -0.15) is 0 Å². The fraction of sp³-hybridized carbons (Fsp3) is 0.474. The molecule has 0 atom stereocenters. The van der Waals surface area contributed by atoms with E-state index < -0.39 is 0 Å². The van der Waals surface area contributed by atoms with Gasteiger partial charge < -0.3 is 19.4 Å². The van der Waals surface area contributed by atoms with Crippen molar-refractivity contribution < 1.29 is 9.66 Å². The summed E-state index contributed by atoms with van der Waals surface area (Å²) in [5.41, 5.74) is 1.83. The highest BCUT2D eigenvalue weighted by molar-refractivity contribution is 5.68. The summed E-state index contributed by atoms with van der Waals surface area (Å²) >= 11 is 0. The molecule has 2 saturated heterocycles. The summed E-state index contributed by atoms with van der Waals surface area (Å²) in [4.78, 5) is 26.5. The number of rotatable bonds is 4. The number of piperazine rings is 1. The number of nitro groups is 1. The normalized spacial score (nSPS) is 17.7. The Morgan fingerprint density at radius 2 is 1.57 bits per heavy atom. The van der Waals surface area contributed by atoms with Crippen molar-refractivity contribution in [3.05, 3.63) is 46.3 Å². The lowest BCUT2D eigenvalue weighted by Gasteiger charge is -2.37. The van der Waals surface area contributed by atoms with Crippen LogP contribution in [0.3, 0.4) is 0 Å². The maximum absolute atomic E-state index is 11.4. The van der Waals surface area contributed by atoms with Crippen LogP contribution in [0.2, 0.25) is 0 Å². The zero-order chi connectivity index (χ0) is 19.5. The second-order valence-corrected chi connectivity index (χ2v) is 7.01. The standard InChI is InChI=1S/C19H24N6O3/c1-15-3-2-4-16(25(26)27)19(15)24-7-5-22(6-8-24)17-13-18(21-14-20-17)23-9-11-28-12-10-23/h2-4,13-14H,5-12H2,1H3. The number of nitro benzene ring substituents is 1. The Hall–Kier alpha value is -2.94. The van der Waals surface area contributed by atoms with Crippen molar-refractivity contribution >= 4 is 23.0 Å². The van der Waals surface area contributed by atoms with Crippen molar-refractivity contribution in [2.45, 2.75) is 6.92 Å². The molecule has 1 aromatic carbocycles. The molecule has 0 bridgehead atoms. The van der Waals surface area contributed by atoms with E-state index in [9.17, 15) is 10.1 Å². The summed E-state index contributed by atoms with van der Waals surface area (Å²) < 4.78 is 5.41. The highest BCUT2D eigenvalue weighted by atomic mass is 16.6. The van der Waals surface area contributed by atoms with Crippen molar-refractivity contribution in [2.75, 3.05) is 67.2 Å². The summed E-state index contributed by atoms with van der Waals surface area (Å²) in [6.07, 6.45) is 1.61. The number of aryl methyl sites for hydroxylation is 1. The van der Waals surface area contributed by atoms with Gasteiger partial charge in [-0.25, -0.2) is 9.97 Å². The first-order valence-electron chi connectivity index (χ1n) is 9.52. The highest BCUT2D eigenvalue weighted by Crippen LogP contribution is 2.32. The van der Waals surface area contributed by atoms with E-state index in [-0.39, 0.29) is 10.6 Å². The second-order valence-electron chi connectivity index (χ2n) is 7.01. The number of nitrogens with zero attached hydrogens (tertiary/aromatic N) is 6. The average Bonchev–Trinajstić information content (AvgIpc) is 2.74. The first-order chi connectivity index (χ1) is 13.6. The predicted octanol–water partition coefficient (Wildman–Crippen LogP) is 1.86. The maximum Gasteiger partial charge on any atom is 0.292 e. The highest BCUT2D eigenvalue weighted by Gasteiger charge is 2.26. The van der Waals surface area contributed by atoms with Gasteiger partial charge in [0, 0.05) is 51.4 Å². The lowest BCUT2D eigenvalue weighted by Crippen LogP contribution is -2.47. The quantitative estimate of drug-likeness (QED) is 0.583. The number of hydrogen-bond acceptors (Lipinski definition) is 8. The third-order valence-corrected chi connectivity index (χ3v) is 5.31. The summed E-state index contributed by atoms with van der Waals surface area (Å²) in [5, 5.41) is 11.4. The molecule has 28 heavy (non-hydrogen) atoms. The summed E-state index contributed by atoms with van der Waals surface area (Å²) in [6.45, 7) is 7.96. The topological polar surface area (TPSA) is 87.9 Å². The molecule has 0 unspecified atom stereocenters. The van der Waals surface area contributed by atoms with Crippen LogP contribution < -0.4 is 14.7 Å². The third kappa shape index (κ3) is 3.70. The van der Waals surface area contributed by atoms with Gasteiger partial charge in [0.25, 0.3) is 5.69 Å². The Kier molecular flexibility index (Phi) is 5.25. The first kappa shape index (κ1) is 18.4. The van der Waals surface area contributed by atoms with Crippen LogP contribution in [0.5, 0.6) is 0 Å². The van der Waals surface area contributed by atoms with E-state index >= 15 is 0 Å². The van der Waals surface area contributed by atoms with Crippen LogP contribution in [-0.2, 0) is 4.74 Å².